The molecule has 2 aromatic heterocycles. The van der Waals surface area contributed by atoms with Crippen molar-refractivity contribution >= 4 is 20.7 Å². The zero-order valence-corrected chi connectivity index (χ0v) is 14.8. The van der Waals surface area contributed by atoms with E-state index in [1.807, 2.05) is 13.8 Å². The zero-order chi connectivity index (χ0) is 18.4. The molecular weight excluding hydrogens is 344 g/mol. The van der Waals surface area contributed by atoms with Crippen molar-refractivity contribution < 1.29 is 8.42 Å². The van der Waals surface area contributed by atoms with Crippen LogP contribution in [-0.4, -0.2) is 34.4 Å². The standard InChI is InChI=1S/C16H18N4O4S/c1-9(2)11-5-14-13(4-12(11)10-6-17-18-7-10)15(21)20(16(22)19-14)8-25(3,23)24/h4-7,9H,8H2,1-3H3,(H,17,18)(H,19,22). The highest BCUT2D eigenvalue weighted by Gasteiger charge is 2.17. The van der Waals surface area contributed by atoms with Gasteiger partial charge in [0.15, 0.2) is 9.84 Å². The maximum atomic E-state index is 12.7. The van der Waals surface area contributed by atoms with Crippen LogP contribution in [0, 0.1) is 0 Å². The molecule has 25 heavy (non-hydrogen) atoms. The Labute approximate surface area is 143 Å². The third kappa shape index (κ3) is 3.27. The van der Waals surface area contributed by atoms with E-state index in [4.69, 9.17) is 0 Å². The lowest BCUT2D eigenvalue weighted by atomic mass is 9.92. The molecule has 8 nitrogen and oxygen atoms in total. The van der Waals surface area contributed by atoms with Crippen molar-refractivity contribution in [3.63, 3.8) is 0 Å². The molecule has 0 spiro atoms. The van der Waals surface area contributed by atoms with E-state index in [1.165, 1.54) is 0 Å². The number of nitrogens with one attached hydrogen (secondary N) is 2. The number of H-pyrrole nitrogens is 2. The Morgan fingerprint density at radius 3 is 2.52 bits per heavy atom. The normalized spacial score (nSPS) is 12.2. The topological polar surface area (TPSA) is 118 Å². The van der Waals surface area contributed by atoms with E-state index in [-0.39, 0.29) is 11.3 Å². The van der Waals surface area contributed by atoms with E-state index in [9.17, 15) is 18.0 Å². The highest BCUT2D eigenvalue weighted by molar-refractivity contribution is 7.89. The van der Waals surface area contributed by atoms with Crippen LogP contribution in [0.5, 0.6) is 0 Å². The molecular formula is C16H18N4O4S. The summed E-state index contributed by atoms with van der Waals surface area (Å²) in [6.07, 6.45) is 4.34. The molecule has 0 fully saturated rings. The number of hydrogen-bond donors (Lipinski definition) is 2. The van der Waals surface area contributed by atoms with Crippen LogP contribution >= 0.6 is 0 Å². The molecule has 0 amide bonds. The second kappa shape index (κ2) is 5.99. The van der Waals surface area contributed by atoms with E-state index in [0.717, 1.165) is 22.9 Å². The van der Waals surface area contributed by atoms with E-state index < -0.39 is 27.0 Å². The Kier molecular flexibility index (Phi) is 4.11. The molecule has 3 rings (SSSR count). The lowest BCUT2D eigenvalue weighted by Crippen LogP contribution is -2.37. The van der Waals surface area contributed by atoms with Crippen molar-refractivity contribution in [3.8, 4) is 11.1 Å². The average Bonchev–Trinajstić information content (AvgIpc) is 3.03. The van der Waals surface area contributed by atoms with Gasteiger partial charge in [-0.2, -0.15) is 5.10 Å². The SMILES string of the molecule is CC(C)c1cc2[nH]c(=O)n(CS(C)(=O)=O)c(=O)c2cc1-c1cn[nH]c1. The minimum absolute atomic E-state index is 0.149. The van der Waals surface area contributed by atoms with Crippen molar-refractivity contribution in [2.24, 2.45) is 0 Å². The maximum absolute atomic E-state index is 12.7. The summed E-state index contributed by atoms with van der Waals surface area (Å²) < 4.78 is 23.7. The highest BCUT2D eigenvalue weighted by Crippen LogP contribution is 2.31. The average molecular weight is 362 g/mol. The maximum Gasteiger partial charge on any atom is 0.329 e. The van der Waals surface area contributed by atoms with Crippen LogP contribution in [0.3, 0.4) is 0 Å². The van der Waals surface area contributed by atoms with Gasteiger partial charge in [0.2, 0.25) is 0 Å². The van der Waals surface area contributed by atoms with Crippen LogP contribution in [0.25, 0.3) is 22.0 Å². The number of rotatable bonds is 4. The lowest BCUT2D eigenvalue weighted by molar-refractivity contribution is 0.584. The summed E-state index contributed by atoms with van der Waals surface area (Å²) in [5.74, 6) is -0.513. The largest absolute Gasteiger partial charge is 0.329 e. The van der Waals surface area contributed by atoms with Crippen molar-refractivity contribution in [3.05, 3.63) is 50.9 Å². The zero-order valence-electron chi connectivity index (χ0n) is 14.0. The van der Waals surface area contributed by atoms with Crippen LogP contribution in [0.15, 0.2) is 34.1 Å². The first kappa shape index (κ1) is 17.2. The van der Waals surface area contributed by atoms with Gasteiger partial charge in [-0.25, -0.2) is 17.8 Å². The van der Waals surface area contributed by atoms with Gasteiger partial charge < -0.3 is 4.98 Å². The summed E-state index contributed by atoms with van der Waals surface area (Å²) in [6, 6.07) is 3.43. The smallest absolute Gasteiger partial charge is 0.307 e. The van der Waals surface area contributed by atoms with Crippen LogP contribution in [0.4, 0.5) is 0 Å². The number of aromatic nitrogens is 4. The molecule has 0 aliphatic rings. The molecule has 2 N–H and O–H groups in total. The molecule has 0 aliphatic heterocycles. The fraction of sp³-hybridized carbons (Fsp3) is 0.312. The number of benzene rings is 1. The van der Waals surface area contributed by atoms with Crippen molar-refractivity contribution in [1.82, 2.24) is 19.7 Å². The Morgan fingerprint density at radius 1 is 1.24 bits per heavy atom. The molecule has 0 atom stereocenters. The predicted molar refractivity (Wildman–Crippen MR) is 95.3 cm³/mol. The molecule has 1 aromatic carbocycles. The van der Waals surface area contributed by atoms with Crippen molar-refractivity contribution in [2.75, 3.05) is 6.26 Å². The van der Waals surface area contributed by atoms with Gasteiger partial charge in [0.25, 0.3) is 5.56 Å². The Hall–Kier alpha value is -2.68. The van der Waals surface area contributed by atoms with Crippen LogP contribution < -0.4 is 11.2 Å². The molecule has 0 unspecified atom stereocenters. The van der Waals surface area contributed by atoms with Gasteiger partial charge in [-0.05, 0) is 29.2 Å². The highest BCUT2D eigenvalue weighted by atomic mass is 32.2. The minimum atomic E-state index is -3.54. The number of aromatic amines is 2. The lowest BCUT2D eigenvalue weighted by Gasteiger charge is -2.14. The summed E-state index contributed by atoms with van der Waals surface area (Å²) >= 11 is 0. The Bertz CT molecular complexity index is 1160. The fourth-order valence-electron chi connectivity index (χ4n) is 2.79. The number of fused-ring (bicyclic) bond motifs is 1. The minimum Gasteiger partial charge on any atom is -0.307 e. The summed E-state index contributed by atoms with van der Waals surface area (Å²) in [5.41, 5.74) is 1.58. The first-order valence-electron chi connectivity index (χ1n) is 7.65. The number of sulfone groups is 1. The van der Waals surface area contributed by atoms with Gasteiger partial charge in [-0.3, -0.25) is 9.89 Å². The van der Waals surface area contributed by atoms with E-state index in [1.54, 1.807) is 24.5 Å². The van der Waals surface area contributed by atoms with Gasteiger partial charge in [0.1, 0.15) is 5.88 Å². The van der Waals surface area contributed by atoms with Crippen LogP contribution in [0.2, 0.25) is 0 Å². The molecule has 0 radical (unpaired) electrons. The molecule has 3 aromatic rings. The molecule has 0 bridgehead atoms. The molecule has 2 heterocycles. The van der Waals surface area contributed by atoms with Gasteiger partial charge in [-0.1, -0.05) is 13.8 Å². The van der Waals surface area contributed by atoms with Crippen LogP contribution in [0.1, 0.15) is 25.3 Å². The summed E-state index contributed by atoms with van der Waals surface area (Å²) in [7, 11) is -3.54. The third-order valence-electron chi connectivity index (χ3n) is 3.95. The molecule has 9 heteroatoms. The van der Waals surface area contributed by atoms with Gasteiger partial charge >= 0.3 is 5.69 Å². The summed E-state index contributed by atoms with van der Waals surface area (Å²) in [5, 5.41) is 6.93. The molecule has 0 saturated carbocycles. The second-order valence-electron chi connectivity index (χ2n) is 6.34. The summed E-state index contributed by atoms with van der Waals surface area (Å²) in [6.45, 7) is 4.02. The van der Waals surface area contributed by atoms with E-state index >= 15 is 0 Å². The first-order valence-corrected chi connectivity index (χ1v) is 9.71. The Morgan fingerprint density at radius 2 is 1.96 bits per heavy atom. The van der Waals surface area contributed by atoms with E-state index in [0.29, 0.717) is 10.1 Å². The van der Waals surface area contributed by atoms with Gasteiger partial charge in [0.05, 0.1) is 17.1 Å². The third-order valence-corrected chi connectivity index (χ3v) is 4.67. The van der Waals surface area contributed by atoms with Crippen LogP contribution in [-0.2, 0) is 15.7 Å². The molecule has 0 saturated heterocycles. The fourth-order valence-corrected chi connectivity index (χ4v) is 3.50. The predicted octanol–water partition coefficient (Wildman–Crippen LogP) is 1.21. The van der Waals surface area contributed by atoms with E-state index in [2.05, 4.69) is 15.2 Å². The molecule has 132 valence electrons. The summed E-state index contributed by atoms with van der Waals surface area (Å²) in [4.78, 5) is 27.4. The van der Waals surface area contributed by atoms with Gasteiger partial charge in [-0.15, -0.1) is 0 Å². The van der Waals surface area contributed by atoms with Gasteiger partial charge in [0, 0.05) is 18.0 Å². The quantitative estimate of drug-likeness (QED) is 0.723. The van der Waals surface area contributed by atoms with Crippen molar-refractivity contribution in [2.45, 2.75) is 25.6 Å². The second-order valence-corrected chi connectivity index (χ2v) is 8.45. The molecule has 0 aliphatic carbocycles. The Balaban J connectivity index is 2.37. The number of hydrogen-bond acceptors (Lipinski definition) is 5. The monoisotopic (exact) mass is 362 g/mol. The number of nitrogens with zero attached hydrogens (tertiary/aromatic N) is 2. The first-order chi connectivity index (χ1) is 11.7. The van der Waals surface area contributed by atoms with Crippen molar-refractivity contribution in [1.29, 1.82) is 0 Å².